The molecule has 0 radical (unpaired) electrons. The number of urea groups is 1. The van der Waals surface area contributed by atoms with E-state index in [1.165, 1.54) is 31.4 Å². The van der Waals surface area contributed by atoms with Gasteiger partial charge in [0.2, 0.25) is 0 Å². The van der Waals surface area contributed by atoms with Crippen LogP contribution in [0.3, 0.4) is 0 Å². The molecular weight excluding hydrogens is 418 g/mol. The van der Waals surface area contributed by atoms with Crippen LogP contribution in [0.25, 0.3) is 0 Å². The average molecular weight is 440 g/mol. The summed E-state index contributed by atoms with van der Waals surface area (Å²) in [6, 6.07) is 13.4. The number of carbonyl (C=O) groups is 2. The first-order chi connectivity index (χ1) is 15.2. The summed E-state index contributed by atoms with van der Waals surface area (Å²) < 4.78 is 33.1. The highest BCUT2D eigenvalue weighted by Gasteiger charge is 2.26. The average Bonchev–Trinajstić information content (AvgIpc) is 2.75. The molecule has 1 aromatic heterocycles. The summed E-state index contributed by atoms with van der Waals surface area (Å²) in [6.07, 6.45) is 1.46. The summed E-state index contributed by atoms with van der Waals surface area (Å²) in [5.41, 5.74) is 1.25. The number of benzene rings is 2. The van der Waals surface area contributed by atoms with Gasteiger partial charge in [-0.25, -0.2) is 13.6 Å². The molecule has 0 spiro atoms. The van der Waals surface area contributed by atoms with Gasteiger partial charge in [-0.3, -0.25) is 9.78 Å². The van der Waals surface area contributed by atoms with Crippen molar-refractivity contribution in [1.29, 1.82) is 0 Å². The van der Waals surface area contributed by atoms with Crippen LogP contribution in [0.4, 0.5) is 25.0 Å². The van der Waals surface area contributed by atoms with Gasteiger partial charge in [-0.05, 0) is 55.0 Å². The zero-order valence-corrected chi connectivity index (χ0v) is 17.7. The van der Waals surface area contributed by atoms with Gasteiger partial charge >= 0.3 is 6.03 Å². The van der Waals surface area contributed by atoms with Crippen LogP contribution in [-0.4, -0.2) is 24.0 Å². The first-order valence-electron chi connectivity index (χ1n) is 9.69. The second-order valence-corrected chi connectivity index (χ2v) is 7.08. The van der Waals surface area contributed by atoms with Gasteiger partial charge in [0.05, 0.1) is 0 Å². The van der Waals surface area contributed by atoms with Gasteiger partial charge < -0.3 is 20.7 Å². The lowest BCUT2D eigenvalue weighted by molar-refractivity contribution is 0.0169. The van der Waals surface area contributed by atoms with Crippen molar-refractivity contribution >= 4 is 23.3 Å². The Hall–Kier alpha value is -4.01. The number of amides is 3. The highest BCUT2D eigenvalue weighted by molar-refractivity contribution is 5.99. The number of aromatic nitrogens is 1. The molecule has 3 rings (SSSR count). The summed E-state index contributed by atoms with van der Waals surface area (Å²) in [7, 11) is 1.51. The van der Waals surface area contributed by atoms with Crippen molar-refractivity contribution in [1.82, 2.24) is 10.3 Å². The van der Waals surface area contributed by atoms with Crippen molar-refractivity contribution in [3.63, 3.8) is 0 Å². The van der Waals surface area contributed by atoms with Crippen molar-refractivity contribution in [2.75, 3.05) is 17.7 Å². The molecule has 0 aliphatic heterocycles. The molecule has 0 aliphatic rings. The Morgan fingerprint density at radius 2 is 1.59 bits per heavy atom. The van der Waals surface area contributed by atoms with Crippen LogP contribution in [0.1, 0.15) is 28.5 Å². The Morgan fingerprint density at radius 3 is 2.25 bits per heavy atom. The van der Waals surface area contributed by atoms with Crippen molar-refractivity contribution in [2.24, 2.45) is 0 Å². The Labute approximate surface area is 183 Å². The highest BCUT2D eigenvalue weighted by atomic mass is 19.3. The summed E-state index contributed by atoms with van der Waals surface area (Å²) >= 11 is 0. The van der Waals surface area contributed by atoms with Gasteiger partial charge in [-0.2, -0.15) is 0 Å². The minimum absolute atomic E-state index is 0.146. The highest BCUT2D eigenvalue weighted by Crippen LogP contribution is 2.31. The minimum Gasteiger partial charge on any atom is -0.457 e. The molecule has 3 amide bonds. The van der Waals surface area contributed by atoms with Crippen LogP contribution in [0.15, 0.2) is 60.8 Å². The summed E-state index contributed by atoms with van der Waals surface area (Å²) in [6.45, 7) is 2.40. The third-order valence-electron chi connectivity index (χ3n) is 4.51. The monoisotopic (exact) mass is 440 g/mol. The number of nitrogens with zero attached hydrogens (tertiary/aromatic N) is 1. The normalized spacial score (nSPS) is 10.9. The van der Waals surface area contributed by atoms with E-state index >= 15 is 0 Å². The molecule has 0 unspecified atom stereocenters. The second-order valence-electron chi connectivity index (χ2n) is 7.08. The second kappa shape index (κ2) is 9.42. The first kappa shape index (κ1) is 22.7. The number of pyridine rings is 1. The minimum atomic E-state index is -3.01. The number of alkyl halides is 2. The van der Waals surface area contributed by atoms with Crippen LogP contribution in [0.5, 0.6) is 11.5 Å². The predicted octanol–water partition coefficient (Wildman–Crippen LogP) is 5.30. The summed E-state index contributed by atoms with van der Waals surface area (Å²) in [5.74, 6) is -2.42. The van der Waals surface area contributed by atoms with Crippen LogP contribution in [0.2, 0.25) is 0 Å². The molecule has 9 heteroatoms. The molecule has 0 saturated carbocycles. The summed E-state index contributed by atoms with van der Waals surface area (Å²) in [4.78, 5) is 27.9. The van der Waals surface area contributed by atoms with Crippen LogP contribution >= 0.6 is 0 Å². The molecule has 166 valence electrons. The number of anilines is 2. The number of halogens is 2. The van der Waals surface area contributed by atoms with Gasteiger partial charge in [-0.1, -0.05) is 6.07 Å². The maximum atomic E-state index is 13.7. The maximum absolute atomic E-state index is 13.7. The molecule has 32 heavy (non-hydrogen) atoms. The zero-order valence-electron chi connectivity index (χ0n) is 17.7. The molecule has 0 aliphatic carbocycles. The summed E-state index contributed by atoms with van der Waals surface area (Å²) in [5, 5.41) is 7.67. The van der Waals surface area contributed by atoms with E-state index in [1.807, 2.05) is 0 Å². The smallest absolute Gasteiger partial charge is 0.323 e. The third-order valence-corrected chi connectivity index (χ3v) is 4.51. The van der Waals surface area contributed by atoms with E-state index in [2.05, 4.69) is 20.9 Å². The Bertz CT molecular complexity index is 1130. The lowest BCUT2D eigenvalue weighted by Crippen LogP contribution is -2.20. The Morgan fingerprint density at radius 1 is 0.938 bits per heavy atom. The molecule has 1 heterocycles. The van der Waals surface area contributed by atoms with E-state index in [0.717, 1.165) is 6.92 Å². The fourth-order valence-electron chi connectivity index (χ4n) is 2.94. The SMILES string of the molecule is CNC(=O)c1cc(Oc2ccc(NC(=O)Nc3ccc(C)c(C(C)(F)F)c3)cc2)ccn1. The number of hydrogen-bond acceptors (Lipinski definition) is 4. The van der Waals surface area contributed by atoms with Crippen molar-refractivity contribution in [3.05, 3.63) is 77.6 Å². The molecule has 0 saturated heterocycles. The van der Waals surface area contributed by atoms with Crippen LogP contribution in [0, 0.1) is 6.92 Å². The maximum Gasteiger partial charge on any atom is 0.323 e. The molecule has 0 bridgehead atoms. The van der Waals surface area contributed by atoms with E-state index in [4.69, 9.17) is 4.74 Å². The first-order valence-corrected chi connectivity index (χ1v) is 9.69. The van der Waals surface area contributed by atoms with E-state index in [9.17, 15) is 18.4 Å². The van der Waals surface area contributed by atoms with Crippen molar-refractivity contribution in [3.8, 4) is 11.5 Å². The van der Waals surface area contributed by atoms with E-state index < -0.39 is 12.0 Å². The Balaban J connectivity index is 1.62. The number of rotatable bonds is 6. The predicted molar refractivity (Wildman–Crippen MR) is 118 cm³/mol. The van der Waals surface area contributed by atoms with Gasteiger partial charge in [0.15, 0.2) is 0 Å². The molecule has 3 N–H and O–H groups in total. The zero-order chi connectivity index (χ0) is 23.3. The lowest BCUT2D eigenvalue weighted by atomic mass is 10.0. The number of nitrogens with one attached hydrogen (secondary N) is 3. The van der Waals surface area contributed by atoms with Crippen LogP contribution in [-0.2, 0) is 5.92 Å². The van der Waals surface area contributed by atoms with Gasteiger partial charge in [0, 0.05) is 43.2 Å². The van der Waals surface area contributed by atoms with E-state index in [1.54, 1.807) is 43.3 Å². The fourth-order valence-corrected chi connectivity index (χ4v) is 2.94. The molecule has 0 fully saturated rings. The van der Waals surface area contributed by atoms with Crippen molar-refractivity contribution < 1.29 is 23.1 Å². The topological polar surface area (TPSA) is 92.4 Å². The molecular formula is C23H22F2N4O3. The standard InChI is InChI=1S/C23H22F2N4O3/c1-14-4-5-16(12-19(14)23(2,24)25)29-22(31)28-15-6-8-17(9-7-15)32-18-10-11-27-20(13-18)21(30)26-3/h4-13H,1-3H3,(H,26,30)(H2,28,29,31). The van der Waals surface area contributed by atoms with Gasteiger partial charge in [0.1, 0.15) is 17.2 Å². The van der Waals surface area contributed by atoms with Crippen LogP contribution < -0.4 is 20.7 Å². The van der Waals surface area contributed by atoms with Crippen molar-refractivity contribution in [2.45, 2.75) is 19.8 Å². The Kier molecular flexibility index (Phi) is 6.67. The van der Waals surface area contributed by atoms with E-state index in [-0.39, 0.29) is 22.9 Å². The molecule has 2 aromatic carbocycles. The number of aryl methyl sites for hydroxylation is 1. The fraction of sp³-hybridized carbons (Fsp3) is 0.174. The number of hydrogen-bond donors (Lipinski definition) is 3. The third kappa shape index (κ3) is 5.78. The lowest BCUT2D eigenvalue weighted by Gasteiger charge is -2.16. The molecule has 3 aromatic rings. The quantitative estimate of drug-likeness (QED) is 0.485. The number of carbonyl (C=O) groups excluding carboxylic acids is 2. The van der Waals surface area contributed by atoms with E-state index in [0.29, 0.717) is 22.7 Å². The largest absolute Gasteiger partial charge is 0.457 e. The van der Waals surface area contributed by atoms with Gasteiger partial charge in [-0.15, -0.1) is 0 Å². The molecule has 0 atom stereocenters. The van der Waals surface area contributed by atoms with Gasteiger partial charge in [0.25, 0.3) is 11.8 Å². The molecule has 7 nitrogen and oxygen atoms in total. The number of ether oxygens (including phenoxy) is 1.